The lowest BCUT2D eigenvalue weighted by molar-refractivity contribution is 0.541. The van der Waals surface area contributed by atoms with Gasteiger partial charge in [-0.25, -0.2) is 8.42 Å². The van der Waals surface area contributed by atoms with Crippen LogP contribution in [0.25, 0.3) is 0 Å². The van der Waals surface area contributed by atoms with Crippen molar-refractivity contribution in [3.05, 3.63) is 35.4 Å². The van der Waals surface area contributed by atoms with Crippen molar-refractivity contribution < 1.29 is 8.42 Å². The van der Waals surface area contributed by atoms with Gasteiger partial charge >= 0.3 is 0 Å². The van der Waals surface area contributed by atoms with Crippen LogP contribution in [0.3, 0.4) is 0 Å². The first-order valence-corrected chi connectivity index (χ1v) is 9.32. The third-order valence-electron chi connectivity index (χ3n) is 3.86. The van der Waals surface area contributed by atoms with E-state index >= 15 is 0 Å². The highest BCUT2D eigenvalue weighted by Gasteiger charge is 2.29. The van der Waals surface area contributed by atoms with Crippen LogP contribution in [0.2, 0.25) is 0 Å². The van der Waals surface area contributed by atoms with Crippen molar-refractivity contribution in [2.45, 2.75) is 51.7 Å². The molecular weight excluding hydrogens is 282 g/mol. The van der Waals surface area contributed by atoms with Crippen LogP contribution in [0, 0.1) is 6.92 Å². The number of sulfone groups is 1. The molecule has 0 aliphatic heterocycles. The normalized spacial score (nSPS) is 14.1. The molecule has 0 heterocycles. The lowest BCUT2D eigenvalue weighted by Crippen LogP contribution is -2.32. The van der Waals surface area contributed by atoms with Crippen LogP contribution in [-0.4, -0.2) is 32.0 Å². The lowest BCUT2D eigenvalue weighted by Gasteiger charge is -2.23. The Balaban J connectivity index is 2.82. The van der Waals surface area contributed by atoms with Gasteiger partial charge in [0.1, 0.15) is 0 Å². The summed E-state index contributed by atoms with van der Waals surface area (Å²) in [5.41, 5.74) is 2.44. The minimum atomic E-state index is -3.06. The number of aryl methyl sites for hydroxylation is 1. The SMILES string of the molecule is CCNCC(CCS(=O)(=O)C(C)(C)C)c1ccc(C)cc1. The van der Waals surface area contributed by atoms with E-state index in [0.717, 1.165) is 13.1 Å². The van der Waals surface area contributed by atoms with Gasteiger partial charge < -0.3 is 5.32 Å². The van der Waals surface area contributed by atoms with Gasteiger partial charge in [0, 0.05) is 6.54 Å². The molecule has 4 heteroatoms. The molecule has 21 heavy (non-hydrogen) atoms. The Morgan fingerprint density at radius 2 is 1.71 bits per heavy atom. The van der Waals surface area contributed by atoms with Crippen molar-refractivity contribution in [3.63, 3.8) is 0 Å². The van der Waals surface area contributed by atoms with Crippen molar-refractivity contribution in [1.29, 1.82) is 0 Å². The minimum absolute atomic E-state index is 0.237. The molecule has 0 radical (unpaired) electrons. The zero-order valence-corrected chi connectivity index (χ0v) is 14.8. The Morgan fingerprint density at radius 1 is 1.14 bits per heavy atom. The van der Waals surface area contributed by atoms with Gasteiger partial charge in [0.2, 0.25) is 0 Å². The Kier molecular flexibility index (Phi) is 6.41. The molecule has 0 fully saturated rings. The van der Waals surface area contributed by atoms with Crippen molar-refractivity contribution in [1.82, 2.24) is 5.32 Å². The largest absolute Gasteiger partial charge is 0.316 e. The molecule has 0 bridgehead atoms. The number of rotatable bonds is 7. The lowest BCUT2D eigenvalue weighted by atomic mass is 9.95. The first kappa shape index (κ1) is 18.2. The topological polar surface area (TPSA) is 46.2 Å². The summed E-state index contributed by atoms with van der Waals surface area (Å²) >= 11 is 0. The van der Waals surface area contributed by atoms with E-state index in [9.17, 15) is 8.42 Å². The minimum Gasteiger partial charge on any atom is -0.316 e. The van der Waals surface area contributed by atoms with Crippen molar-refractivity contribution >= 4 is 9.84 Å². The maximum atomic E-state index is 12.3. The second-order valence-electron chi connectivity index (χ2n) is 6.64. The number of hydrogen-bond acceptors (Lipinski definition) is 3. The molecule has 0 saturated heterocycles. The summed E-state index contributed by atoms with van der Waals surface area (Å²) in [6, 6.07) is 8.40. The van der Waals surface area contributed by atoms with E-state index in [4.69, 9.17) is 0 Å². The predicted octanol–water partition coefficient (Wildman–Crippen LogP) is 3.29. The molecule has 0 saturated carbocycles. The standard InChI is InChI=1S/C17H29NO2S/c1-6-18-13-16(15-9-7-14(2)8-10-15)11-12-21(19,20)17(3,4)5/h7-10,16,18H,6,11-13H2,1-5H3. The predicted molar refractivity (Wildman–Crippen MR) is 90.6 cm³/mol. The first-order chi connectivity index (χ1) is 9.67. The Bertz CT molecular complexity index is 527. The fourth-order valence-corrected chi connectivity index (χ4v) is 3.35. The molecule has 0 aromatic heterocycles. The molecular formula is C17H29NO2S. The Morgan fingerprint density at radius 3 is 2.19 bits per heavy atom. The summed E-state index contributed by atoms with van der Waals surface area (Å²) in [5.74, 6) is 0.475. The van der Waals surface area contributed by atoms with E-state index in [1.807, 2.05) is 0 Å². The van der Waals surface area contributed by atoms with Crippen LogP contribution in [0.5, 0.6) is 0 Å². The summed E-state index contributed by atoms with van der Waals surface area (Å²) in [4.78, 5) is 0. The van der Waals surface area contributed by atoms with E-state index in [1.54, 1.807) is 20.8 Å². The number of nitrogens with one attached hydrogen (secondary N) is 1. The highest BCUT2D eigenvalue weighted by atomic mass is 32.2. The number of hydrogen-bond donors (Lipinski definition) is 1. The average molecular weight is 311 g/mol. The molecule has 1 aromatic rings. The van der Waals surface area contributed by atoms with Crippen LogP contribution in [0.15, 0.2) is 24.3 Å². The molecule has 3 nitrogen and oxygen atoms in total. The molecule has 1 rings (SSSR count). The van der Waals surface area contributed by atoms with Crippen LogP contribution < -0.4 is 5.32 Å². The van der Waals surface area contributed by atoms with Gasteiger partial charge in [-0.3, -0.25) is 0 Å². The van der Waals surface area contributed by atoms with Gasteiger partial charge in [-0.1, -0.05) is 36.8 Å². The molecule has 0 spiro atoms. The third kappa shape index (κ3) is 5.44. The summed E-state index contributed by atoms with van der Waals surface area (Å²) in [6.45, 7) is 11.2. The molecule has 0 amide bonds. The molecule has 1 N–H and O–H groups in total. The summed E-state index contributed by atoms with van der Waals surface area (Å²) in [7, 11) is -3.06. The van der Waals surface area contributed by atoms with Crippen LogP contribution in [0.4, 0.5) is 0 Å². The molecule has 0 aliphatic carbocycles. The molecule has 1 atom stereocenters. The average Bonchev–Trinajstić information content (AvgIpc) is 2.39. The van der Waals surface area contributed by atoms with Gasteiger partial charge in [0.25, 0.3) is 0 Å². The smallest absolute Gasteiger partial charge is 0.155 e. The van der Waals surface area contributed by atoms with Gasteiger partial charge in [0.15, 0.2) is 9.84 Å². The monoisotopic (exact) mass is 311 g/mol. The second-order valence-corrected chi connectivity index (χ2v) is 9.50. The molecule has 1 aromatic carbocycles. The summed E-state index contributed by atoms with van der Waals surface area (Å²) < 4.78 is 23.9. The molecule has 0 aliphatic rings. The number of benzene rings is 1. The van der Waals surface area contributed by atoms with Gasteiger partial charge in [-0.05, 0) is 52.1 Å². The van der Waals surface area contributed by atoms with E-state index in [2.05, 4.69) is 43.4 Å². The fourth-order valence-electron chi connectivity index (χ4n) is 2.15. The maximum Gasteiger partial charge on any atom is 0.155 e. The zero-order valence-electron chi connectivity index (χ0n) is 13.9. The highest BCUT2D eigenvalue weighted by Crippen LogP contribution is 2.24. The fraction of sp³-hybridized carbons (Fsp3) is 0.647. The zero-order chi connectivity index (χ0) is 16.1. The van der Waals surface area contributed by atoms with Crippen LogP contribution in [-0.2, 0) is 9.84 Å². The van der Waals surface area contributed by atoms with Crippen LogP contribution in [0.1, 0.15) is 51.2 Å². The maximum absolute atomic E-state index is 12.3. The highest BCUT2D eigenvalue weighted by molar-refractivity contribution is 7.92. The Labute approximate surface area is 130 Å². The number of likely N-dealkylation sites (N-methyl/N-ethyl adjacent to an activating group) is 1. The van der Waals surface area contributed by atoms with Gasteiger partial charge in [0.05, 0.1) is 10.5 Å². The van der Waals surface area contributed by atoms with Gasteiger partial charge in [-0.15, -0.1) is 0 Å². The summed E-state index contributed by atoms with van der Waals surface area (Å²) in [6.07, 6.45) is 0.662. The van der Waals surface area contributed by atoms with Crippen molar-refractivity contribution in [2.75, 3.05) is 18.8 Å². The van der Waals surface area contributed by atoms with Gasteiger partial charge in [-0.2, -0.15) is 0 Å². The van der Waals surface area contributed by atoms with E-state index in [1.165, 1.54) is 11.1 Å². The third-order valence-corrected chi connectivity index (χ3v) is 6.50. The van der Waals surface area contributed by atoms with Crippen molar-refractivity contribution in [2.24, 2.45) is 0 Å². The van der Waals surface area contributed by atoms with E-state index in [-0.39, 0.29) is 11.7 Å². The molecule has 1 unspecified atom stereocenters. The molecule has 120 valence electrons. The quantitative estimate of drug-likeness (QED) is 0.840. The van der Waals surface area contributed by atoms with Crippen molar-refractivity contribution in [3.8, 4) is 0 Å². The van der Waals surface area contributed by atoms with E-state index in [0.29, 0.717) is 6.42 Å². The van der Waals surface area contributed by atoms with E-state index < -0.39 is 14.6 Å². The first-order valence-electron chi connectivity index (χ1n) is 7.67. The Hall–Kier alpha value is -0.870. The second kappa shape index (κ2) is 7.41. The van der Waals surface area contributed by atoms with Crippen LogP contribution >= 0.6 is 0 Å². The summed E-state index contributed by atoms with van der Waals surface area (Å²) in [5, 5.41) is 3.34.